The molecule has 3 aromatic rings. The lowest BCUT2D eigenvalue weighted by atomic mass is 10.0. The summed E-state index contributed by atoms with van der Waals surface area (Å²) in [7, 11) is 6.57. The summed E-state index contributed by atoms with van der Waals surface area (Å²) in [6, 6.07) is 21.6. The Kier molecular flexibility index (Phi) is 7.29. The van der Waals surface area contributed by atoms with Crippen molar-refractivity contribution in [2.24, 2.45) is 0 Å². The Bertz CT molecular complexity index is 1100. The van der Waals surface area contributed by atoms with Crippen molar-refractivity contribution in [2.45, 2.75) is 0 Å². The minimum Gasteiger partial charge on any atom is -0.497 e. The van der Waals surface area contributed by atoms with Crippen LogP contribution in [0.15, 0.2) is 72.8 Å². The number of nitrogens with one attached hydrogen (secondary N) is 1. The second-order valence-corrected chi connectivity index (χ2v) is 7.30. The first-order valence-corrected chi connectivity index (χ1v) is 10.0. The maximum Gasteiger partial charge on any atom is 0.255 e. The lowest BCUT2D eigenvalue weighted by Crippen LogP contribution is -2.22. The highest BCUT2D eigenvalue weighted by Crippen LogP contribution is 2.27. The van der Waals surface area contributed by atoms with Gasteiger partial charge in [0.1, 0.15) is 11.5 Å². The summed E-state index contributed by atoms with van der Waals surface area (Å²) in [6.07, 6.45) is 1.80. The van der Waals surface area contributed by atoms with Gasteiger partial charge in [-0.25, -0.2) is 0 Å². The molecule has 0 bridgehead atoms. The fraction of sp³-hybridized carbons (Fsp3) is 0.154. The van der Waals surface area contributed by atoms with Crippen molar-refractivity contribution in [3.63, 3.8) is 0 Å². The van der Waals surface area contributed by atoms with Gasteiger partial charge in [-0.2, -0.15) is 0 Å². The van der Waals surface area contributed by atoms with Gasteiger partial charge in [0.05, 0.1) is 14.2 Å². The van der Waals surface area contributed by atoms with E-state index in [2.05, 4.69) is 5.32 Å². The van der Waals surface area contributed by atoms with E-state index in [1.807, 2.05) is 42.5 Å². The molecule has 0 fully saturated rings. The first-order valence-electron chi connectivity index (χ1n) is 10.0. The number of nitrogens with zero attached hydrogens (tertiary/aromatic N) is 1. The molecule has 0 radical (unpaired) electrons. The van der Waals surface area contributed by atoms with Gasteiger partial charge in [-0.3, -0.25) is 9.59 Å². The smallest absolute Gasteiger partial charge is 0.255 e. The molecule has 0 saturated heterocycles. The van der Waals surface area contributed by atoms with Crippen LogP contribution in [0, 0.1) is 0 Å². The first-order chi connectivity index (χ1) is 15.4. The first kappa shape index (κ1) is 22.6. The molecule has 3 rings (SSSR count). The number of carbonyl (C=O) groups excluding carboxylic acids is 2. The Labute approximate surface area is 188 Å². The molecule has 0 aliphatic carbocycles. The predicted molar refractivity (Wildman–Crippen MR) is 127 cm³/mol. The summed E-state index contributed by atoms with van der Waals surface area (Å²) in [5, 5.41) is 2.87. The van der Waals surface area contributed by atoms with Crippen LogP contribution in [0.3, 0.4) is 0 Å². The number of rotatable bonds is 7. The van der Waals surface area contributed by atoms with Gasteiger partial charge in [0.15, 0.2) is 0 Å². The Morgan fingerprint density at radius 2 is 1.41 bits per heavy atom. The summed E-state index contributed by atoms with van der Waals surface area (Å²) in [5.74, 6) is 0.923. The molecule has 0 aromatic heterocycles. The van der Waals surface area contributed by atoms with Gasteiger partial charge < -0.3 is 19.7 Å². The third-order valence-electron chi connectivity index (χ3n) is 4.81. The highest BCUT2D eigenvalue weighted by Gasteiger charge is 2.15. The molecule has 2 amide bonds. The van der Waals surface area contributed by atoms with Crippen molar-refractivity contribution in [3.05, 3.63) is 89.5 Å². The van der Waals surface area contributed by atoms with Crippen molar-refractivity contribution in [2.75, 3.05) is 33.6 Å². The number of likely N-dealkylation sites (N-methyl/N-ethyl adjacent to an activating group) is 1. The molecule has 0 atom stereocenters. The van der Waals surface area contributed by atoms with Crippen molar-refractivity contribution in [1.82, 2.24) is 4.90 Å². The van der Waals surface area contributed by atoms with E-state index < -0.39 is 0 Å². The summed E-state index contributed by atoms with van der Waals surface area (Å²) in [5.41, 5.74) is 3.22. The Morgan fingerprint density at radius 1 is 0.812 bits per heavy atom. The van der Waals surface area contributed by atoms with Crippen LogP contribution < -0.4 is 14.8 Å². The molecular formula is C26H26N2O4. The number of amides is 2. The Hall–Kier alpha value is -4.06. The van der Waals surface area contributed by atoms with Crippen LogP contribution in [0.2, 0.25) is 0 Å². The van der Waals surface area contributed by atoms with Crippen LogP contribution in [-0.2, 0) is 4.79 Å². The molecule has 164 valence electrons. The molecule has 3 aromatic carbocycles. The molecule has 32 heavy (non-hydrogen) atoms. The maximum absolute atomic E-state index is 12.9. The fourth-order valence-corrected chi connectivity index (χ4v) is 3.11. The van der Waals surface area contributed by atoms with Crippen LogP contribution in [0.5, 0.6) is 11.5 Å². The number of ether oxygens (including phenoxy) is 2. The normalized spacial score (nSPS) is 10.9. The largest absolute Gasteiger partial charge is 0.497 e. The quantitative estimate of drug-likeness (QED) is 0.440. The minimum absolute atomic E-state index is 0.146. The highest BCUT2D eigenvalue weighted by atomic mass is 16.5. The molecule has 1 N–H and O–H groups in total. The van der Waals surface area contributed by atoms with Crippen LogP contribution in [-0.4, -0.2) is 45.0 Å². The predicted octanol–water partition coefficient (Wildman–Crippen LogP) is 4.58. The number of hydrogen-bond donors (Lipinski definition) is 1. The van der Waals surface area contributed by atoms with Gasteiger partial charge in [-0.05, 0) is 53.6 Å². The van der Waals surface area contributed by atoms with Crippen LogP contribution in [0.25, 0.3) is 11.6 Å². The molecule has 6 heteroatoms. The number of carbonyl (C=O) groups is 2. The van der Waals surface area contributed by atoms with Gasteiger partial charge in [0, 0.05) is 37.0 Å². The fourth-order valence-electron chi connectivity index (χ4n) is 3.11. The molecule has 0 spiro atoms. The van der Waals surface area contributed by atoms with E-state index >= 15 is 0 Å². The van der Waals surface area contributed by atoms with Crippen LogP contribution >= 0.6 is 0 Å². The van der Waals surface area contributed by atoms with E-state index in [9.17, 15) is 9.59 Å². The van der Waals surface area contributed by atoms with E-state index in [-0.39, 0.29) is 11.8 Å². The summed E-state index contributed by atoms with van der Waals surface area (Å²) in [6.45, 7) is 0. The summed E-state index contributed by atoms with van der Waals surface area (Å²) >= 11 is 0. The van der Waals surface area contributed by atoms with E-state index in [0.29, 0.717) is 28.3 Å². The molecule has 0 unspecified atom stereocenters. The van der Waals surface area contributed by atoms with Crippen LogP contribution in [0.4, 0.5) is 5.69 Å². The molecule has 0 aliphatic heterocycles. The molecule has 0 aliphatic rings. The van der Waals surface area contributed by atoms with Gasteiger partial charge in [0.2, 0.25) is 0 Å². The Balaban J connectivity index is 1.92. The zero-order valence-corrected chi connectivity index (χ0v) is 18.6. The molecule has 6 nitrogen and oxygen atoms in total. The number of anilines is 1. The van der Waals surface area contributed by atoms with Gasteiger partial charge >= 0.3 is 0 Å². The van der Waals surface area contributed by atoms with Crippen molar-refractivity contribution >= 4 is 29.2 Å². The topological polar surface area (TPSA) is 67.9 Å². The van der Waals surface area contributed by atoms with Gasteiger partial charge in [-0.1, -0.05) is 30.3 Å². The zero-order chi connectivity index (χ0) is 23.1. The number of benzene rings is 3. The Morgan fingerprint density at radius 3 is 1.94 bits per heavy atom. The third kappa shape index (κ3) is 5.55. The average molecular weight is 431 g/mol. The number of hydrogen-bond acceptors (Lipinski definition) is 4. The van der Waals surface area contributed by atoms with Gasteiger partial charge in [0.25, 0.3) is 11.8 Å². The SMILES string of the molecule is COc1cc(C=C(C(=O)N(C)C)c2ccc(NC(=O)c3ccccc3)cc2)cc(OC)c1. The lowest BCUT2D eigenvalue weighted by Gasteiger charge is -2.15. The summed E-state index contributed by atoms with van der Waals surface area (Å²) in [4.78, 5) is 26.8. The third-order valence-corrected chi connectivity index (χ3v) is 4.81. The monoisotopic (exact) mass is 430 g/mol. The zero-order valence-electron chi connectivity index (χ0n) is 18.6. The van der Waals surface area contributed by atoms with E-state index in [1.165, 1.54) is 4.90 Å². The van der Waals surface area contributed by atoms with Crippen molar-refractivity contribution < 1.29 is 19.1 Å². The maximum atomic E-state index is 12.9. The average Bonchev–Trinajstić information content (AvgIpc) is 2.82. The standard InChI is InChI=1S/C26H26N2O4/c1-28(2)26(30)24(16-18-14-22(31-3)17-23(15-18)32-4)19-10-12-21(13-11-19)27-25(29)20-8-6-5-7-9-20/h5-17H,1-4H3,(H,27,29). The van der Waals surface area contributed by atoms with Gasteiger partial charge in [-0.15, -0.1) is 0 Å². The molecule has 0 saturated carbocycles. The lowest BCUT2D eigenvalue weighted by molar-refractivity contribution is -0.122. The second-order valence-electron chi connectivity index (χ2n) is 7.30. The van der Waals surface area contributed by atoms with E-state index in [4.69, 9.17) is 9.47 Å². The second kappa shape index (κ2) is 10.3. The number of methoxy groups -OCH3 is 2. The van der Waals surface area contributed by atoms with E-state index in [0.717, 1.165) is 11.1 Å². The minimum atomic E-state index is -0.193. The van der Waals surface area contributed by atoms with Crippen LogP contribution in [0.1, 0.15) is 21.5 Å². The molecular weight excluding hydrogens is 404 g/mol. The highest BCUT2D eigenvalue weighted by molar-refractivity contribution is 6.24. The molecule has 0 heterocycles. The van der Waals surface area contributed by atoms with Crippen molar-refractivity contribution in [1.29, 1.82) is 0 Å². The van der Waals surface area contributed by atoms with Crippen molar-refractivity contribution in [3.8, 4) is 11.5 Å². The van der Waals surface area contributed by atoms with E-state index in [1.54, 1.807) is 64.7 Å². The summed E-state index contributed by atoms with van der Waals surface area (Å²) < 4.78 is 10.7.